The molecule has 188 valence electrons. The Morgan fingerprint density at radius 3 is 2.47 bits per heavy atom. The van der Waals surface area contributed by atoms with Crippen molar-refractivity contribution in [1.82, 2.24) is 15.5 Å². The lowest BCUT2D eigenvalue weighted by molar-refractivity contribution is -0.131. The molecule has 0 spiro atoms. The van der Waals surface area contributed by atoms with Crippen molar-refractivity contribution >= 4 is 28.5 Å². The van der Waals surface area contributed by atoms with E-state index in [-0.39, 0.29) is 31.3 Å². The quantitative estimate of drug-likeness (QED) is 0.364. The summed E-state index contributed by atoms with van der Waals surface area (Å²) in [6.45, 7) is 0.484. The summed E-state index contributed by atoms with van der Waals surface area (Å²) in [4.78, 5) is 41.0. The first-order chi connectivity index (χ1) is 17.5. The van der Waals surface area contributed by atoms with E-state index >= 15 is 0 Å². The lowest BCUT2D eigenvalue weighted by atomic mass is 10.0. The van der Waals surface area contributed by atoms with E-state index in [1.165, 1.54) is 0 Å². The number of carbonyl (C=O) groups excluding carboxylic acids is 3. The summed E-state index contributed by atoms with van der Waals surface area (Å²) in [6, 6.07) is 21.2. The minimum Gasteiger partial charge on any atom is -0.390 e. The fraction of sp³-hybridized carbons (Fsp3) is 0.321. The fourth-order valence-electron chi connectivity index (χ4n) is 4.53. The molecule has 0 aromatic heterocycles. The topological polar surface area (TPSA) is 125 Å². The molecule has 0 saturated carbocycles. The second kappa shape index (κ2) is 11.8. The van der Waals surface area contributed by atoms with Crippen molar-refractivity contribution < 1.29 is 19.5 Å². The molecule has 0 bridgehead atoms. The molecule has 3 unspecified atom stereocenters. The molecule has 1 saturated heterocycles. The van der Waals surface area contributed by atoms with Crippen LogP contribution in [0.4, 0.5) is 0 Å². The number of fused-ring (bicyclic) bond motifs is 1. The Morgan fingerprint density at radius 1 is 1.00 bits per heavy atom. The minimum atomic E-state index is -0.877. The maximum Gasteiger partial charge on any atom is 0.254 e. The number of carbonyl (C=O) groups is 3. The highest BCUT2D eigenvalue weighted by atomic mass is 16.3. The molecule has 1 fully saturated rings. The molecule has 36 heavy (non-hydrogen) atoms. The van der Waals surface area contributed by atoms with Crippen molar-refractivity contribution in [2.75, 3.05) is 19.6 Å². The first-order valence-corrected chi connectivity index (χ1v) is 12.3. The number of aliphatic hydroxyl groups excluding tert-OH is 1. The molecule has 8 heteroatoms. The largest absolute Gasteiger partial charge is 0.390 e. The standard InChI is InChI=1S/C28H32N4O4/c29-17-23(33)18-30-26(34)24(16-19-12-13-20-7-4-5-10-22(20)15-19)31-27(35)25-11-6-14-32(25)28(36)21-8-2-1-3-9-21/h1-5,7-10,12-13,15,23-25,33H,6,11,14,16-18,29H2,(H,30,34)(H,31,35). The van der Waals surface area contributed by atoms with Gasteiger partial charge in [0, 0.05) is 31.6 Å². The van der Waals surface area contributed by atoms with Crippen molar-refractivity contribution in [3.05, 3.63) is 83.9 Å². The molecule has 0 radical (unpaired) electrons. The van der Waals surface area contributed by atoms with Crippen molar-refractivity contribution in [3.63, 3.8) is 0 Å². The van der Waals surface area contributed by atoms with Gasteiger partial charge in [-0.3, -0.25) is 14.4 Å². The van der Waals surface area contributed by atoms with E-state index in [1.54, 1.807) is 29.2 Å². The Morgan fingerprint density at radius 2 is 1.72 bits per heavy atom. The normalized spacial score (nSPS) is 16.9. The first-order valence-electron chi connectivity index (χ1n) is 12.3. The van der Waals surface area contributed by atoms with Crippen LogP contribution in [0.15, 0.2) is 72.8 Å². The number of nitrogens with two attached hydrogens (primary N) is 1. The lowest BCUT2D eigenvalue weighted by Gasteiger charge is -2.27. The van der Waals surface area contributed by atoms with Gasteiger partial charge in [0.1, 0.15) is 12.1 Å². The molecule has 3 aromatic rings. The van der Waals surface area contributed by atoms with E-state index in [2.05, 4.69) is 10.6 Å². The molecule has 5 N–H and O–H groups in total. The molecule has 3 atom stereocenters. The molecular formula is C28H32N4O4. The fourth-order valence-corrected chi connectivity index (χ4v) is 4.53. The van der Waals surface area contributed by atoms with Gasteiger partial charge in [0.25, 0.3) is 5.91 Å². The summed E-state index contributed by atoms with van der Waals surface area (Å²) in [5.41, 5.74) is 6.87. The van der Waals surface area contributed by atoms with Crippen molar-refractivity contribution in [3.8, 4) is 0 Å². The molecular weight excluding hydrogens is 456 g/mol. The van der Waals surface area contributed by atoms with Crippen molar-refractivity contribution in [2.45, 2.75) is 37.5 Å². The van der Waals surface area contributed by atoms with Crippen LogP contribution >= 0.6 is 0 Å². The first kappa shape index (κ1) is 25.3. The van der Waals surface area contributed by atoms with E-state index in [1.807, 2.05) is 48.5 Å². The monoisotopic (exact) mass is 488 g/mol. The summed E-state index contributed by atoms with van der Waals surface area (Å²) >= 11 is 0. The van der Waals surface area contributed by atoms with Crippen LogP contribution in [0.2, 0.25) is 0 Å². The molecule has 1 aliphatic rings. The van der Waals surface area contributed by atoms with E-state index in [0.29, 0.717) is 24.9 Å². The number of nitrogens with zero attached hydrogens (tertiary/aromatic N) is 1. The highest BCUT2D eigenvalue weighted by Crippen LogP contribution is 2.21. The van der Waals surface area contributed by atoms with Gasteiger partial charge in [-0.05, 0) is 41.3 Å². The van der Waals surface area contributed by atoms with Gasteiger partial charge in [0.05, 0.1) is 6.10 Å². The lowest BCUT2D eigenvalue weighted by Crippen LogP contribution is -2.54. The summed E-state index contributed by atoms with van der Waals surface area (Å²) in [6.07, 6.45) is 0.627. The molecule has 4 rings (SSSR count). The third kappa shape index (κ3) is 6.08. The van der Waals surface area contributed by atoms with Gasteiger partial charge in [0.15, 0.2) is 0 Å². The van der Waals surface area contributed by atoms with Gasteiger partial charge in [-0.15, -0.1) is 0 Å². The van der Waals surface area contributed by atoms with Gasteiger partial charge in [0.2, 0.25) is 11.8 Å². The average molecular weight is 489 g/mol. The SMILES string of the molecule is NCC(O)CNC(=O)C(Cc1ccc2ccccc2c1)NC(=O)C1CCCN1C(=O)c1ccccc1. The highest BCUT2D eigenvalue weighted by Gasteiger charge is 2.36. The average Bonchev–Trinajstić information content (AvgIpc) is 3.41. The third-order valence-electron chi connectivity index (χ3n) is 6.51. The zero-order valence-electron chi connectivity index (χ0n) is 20.1. The number of aliphatic hydroxyl groups is 1. The number of hydrogen-bond donors (Lipinski definition) is 4. The van der Waals surface area contributed by atoms with Crippen molar-refractivity contribution in [1.29, 1.82) is 0 Å². The minimum absolute atomic E-state index is 0.0124. The number of amides is 3. The number of nitrogens with one attached hydrogen (secondary N) is 2. The zero-order valence-corrected chi connectivity index (χ0v) is 20.1. The van der Waals surface area contributed by atoms with Crippen LogP contribution in [-0.4, -0.2) is 65.5 Å². The number of hydrogen-bond acceptors (Lipinski definition) is 5. The summed E-state index contributed by atoms with van der Waals surface area (Å²) in [7, 11) is 0. The van der Waals surface area contributed by atoms with E-state index in [4.69, 9.17) is 5.73 Å². The molecule has 3 amide bonds. The van der Waals surface area contributed by atoms with E-state index in [9.17, 15) is 19.5 Å². The molecule has 0 aliphatic carbocycles. The predicted molar refractivity (Wildman–Crippen MR) is 138 cm³/mol. The summed E-state index contributed by atoms with van der Waals surface area (Å²) in [5.74, 6) is -0.977. The molecule has 1 heterocycles. The summed E-state index contributed by atoms with van der Waals surface area (Å²) < 4.78 is 0. The number of likely N-dealkylation sites (tertiary alicyclic amines) is 1. The van der Waals surface area contributed by atoms with Gasteiger partial charge in [-0.1, -0.05) is 60.7 Å². The van der Waals surface area contributed by atoms with E-state index in [0.717, 1.165) is 16.3 Å². The Hall–Kier alpha value is -3.75. The highest BCUT2D eigenvalue weighted by molar-refractivity contribution is 5.98. The predicted octanol–water partition coefficient (Wildman–Crippen LogP) is 1.61. The maximum atomic E-state index is 13.3. The Bertz CT molecular complexity index is 1220. The van der Waals surface area contributed by atoms with Crippen molar-refractivity contribution in [2.24, 2.45) is 5.73 Å². The van der Waals surface area contributed by atoms with Crippen LogP contribution in [0.3, 0.4) is 0 Å². The zero-order chi connectivity index (χ0) is 25.5. The Balaban J connectivity index is 1.51. The van der Waals surface area contributed by atoms with Crippen LogP contribution in [0.25, 0.3) is 10.8 Å². The number of rotatable bonds is 9. The summed E-state index contributed by atoms with van der Waals surface area (Å²) in [5, 5.41) is 17.5. The van der Waals surface area contributed by atoms with Crippen LogP contribution in [0, 0.1) is 0 Å². The second-order valence-electron chi connectivity index (χ2n) is 9.10. The van der Waals surface area contributed by atoms with Gasteiger partial charge in [-0.25, -0.2) is 0 Å². The smallest absolute Gasteiger partial charge is 0.254 e. The third-order valence-corrected chi connectivity index (χ3v) is 6.51. The van der Waals surface area contributed by atoms with Gasteiger partial charge < -0.3 is 26.4 Å². The van der Waals surface area contributed by atoms with Crippen LogP contribution < -0.4 is 16.4 Å². The van der Waals surface area contributed by atoms with Crippen LogP contribution in [0.5, 0.6) is 0 Å². The molecule has 1 aliphatic heterocycles. The Labute approximate surface area is 210 Å². The molecule has 8 nitrogen and oxygen atoms in total. The van der Waals surface area contributed by atoms with Gasteiger partial charge >= 0.3 is 0 Å². The molecule has 3 aromatic carbocycles. The van der Waals surface area contributed by atoms with Gasteiger partial charge in [-0.2, -0.15) is 0 Å². The maximum absolute atomic E-state index is 13.3. The van der Waals surface area contributed by atoms with Crippen LogP contribution in [-0.2, 0) is 16.0 Å². The van der Waals surface area contributed by atoms with Crippen LogP contribution in [0.1, 0.15) is 28.8 Å². The second-order valence-corrected chi connectivity index (χ2v) is 9.10. The van der Waals surface area contributed by atoms with E-state index < -0.39 is 24.1 Å². The number of benzene rings is 3. The Kier molecular flexibility index (Phi) is 8.30.